The standard InChI is InChI=1S/C22H24FN/c1-22(2,3)15-12-10-14(11-13-15)20-17-7-4-6-16(17)18-8-5-9-19(23)21(18)24-20/h4-6,8-13,16-17,20,24H,7H2,1-3H3/t16-,17+,20+/m1/s1. The van der Waals surface area contributed by atoms with Gasteiger partial charge in [0.1, 0.15) is 5.82 Å². The van der Waals surface area contributed by atoms with E-state index in [1.807, 2.05) is 6.07 Å². The van der Waals surface area contributed by atoms with Crippen LogP contribution in [0.25, 0.3) is 0 Å². The van der Waals surface area contributed by atoms with Crippen LogP contribution >= 0.6 is 0 Å². The molecule has 0 unspecified atom stereocenters. The number of benzene rings is 2. The predicted molar refractivity (Wildman–Crippen MR) is 97.9 cm³/mol. The van der Waals surface area contributed by atoms with Crippen LogP contribution in [0.2, 0.25) is 0 Å². The van der Waals surface area contributed by atoms with Crippen molar-refractivity contribution in [2.75, 3.05) is 5.32 Å². The SMILES string of the molecule is CC(C)(C)c1ccc([C@@H]2Nc3c(F)cccc3[C@@H]3C=CC[C@@H]32)cc1. The maximum atomic E-state index is 14.4. The van der Waals surface area contributed by atoms with Gasteiger partial charge in [-0.2, -0.15) is 0 Å². The number of halogens is 1. The molecule has 2 aromatic carbocycles. The van der Waals surface area contributed by atoms with E-state index in [1.165, 1.54) is 11.1 Å². The average molecular weight is 321 g/mol. The Morgan fingerprint density at radius 3 is 2.50 bits per heavy atom. The van der Waals surface area contributed by atoms with Gasteiger partial charge < -0.3 is 5.32 Å². The summed E-state index contributed by atoms with van der Waals surface area (Å²) in [6, 6.07) is 14.4. The monoisotopic (exact) mass is 321 g/mol. The van der Waals surface area contributed by atoms with Crippen molar-refractivity contribution in [2.24, 2.45) is 5.92 Å². The van der Waals surface area contributed by atoms with Crippen LogP contribution in [-0.2, 0) is 5.41 Å². The molecular formula is C22H24FN. The molecule has 0 spiro atoms. The summed E-state index contributed by atoms with van der Waals surface area (Å²) in [5.74, 6) is 0.617. The number of para-hydroxylation sites is 1. The molecule has 0 aromatic heterocycles. The van der Waals surface area contributed by atoms with Gasteiger partial charge in [0.25, 0.3) is 0 Å². The van der Waals surface area contributed by atoms with Gasteiger partial charge in [-0.15, -0.1) is 0 Å². The van der Waals surface area contributed by atoms with E-state index in [1.54, 1.807) is 6.07 Å². The lowest BCUT2D eigenvalue weighted by Crippen LogP contribution is -2.29. The Balaban J connectivity index is 1.73. The highest BCUT2D eigenvalue weighted by Crippen LogP contribution is 2.50. The Bertz CT molecular complexity index is 783. The van der Waals surface area contributed by atoms with E-state index in [-0.39, 0.29) is 17.3 Å². The first-order chi connectivity index (χ1) is 11.4. The van der Waals surface area contributed by atoms with Crippen molar-refractivity contribution in [2.45, 2.75) is 44.6 Å². The second-order valence-corrected chi connectivity index (χ2v) is 8.05. The minimum Gasteiger partial charge on any atom is -0.375 e. The molecule has 0 fully saturated rings. The van der Waals surface area contributed by atoms with Crippen molar-refractivity contribution in [1.82, 2.24) is 0 Å². The second kappa shape index (κ2) is 5.47. The fourth-order valence-electron chi connectivity index (χ4n) is 4.10. The quantitative estimate of drug-likeness (QED) is 0.640. The summed E-state index contributed by atoms with van der Waals surface area (Å²) in [5, 5.41) is 3.50. The zero-order chi connectivity index (χ0) is 16.9. The summed E-state index contributed by atoms with van der Waals surface area (Å²) < 4.78 is 14.4. The molecule has 2 aromatic rings. The van der Waals surface area contributed by atoms with E-state index in [0.717, 1.165) is 12.0 Å². The van der Waals surface area contributed by atoms with E-state index < -0.39 is 0 Å². The van der Waals surface area contributed by atoms with Gasteiger partial charge in [-0.05, 0) is 40.5 Å². The molecule has 1 aliphatic heterocycles. The van der Waals surface area contributed by atoms with Gasteiger partial charge in [-0.3, -0.25) is 0 Å². The molecule has 1 nitrogen and oxygen atoms in total. The first kappa shape index (κ1) is 15.4. The van der Waals surface area contributed by atoms with E-state index in [2.05, 4.69) is 68.6 Å². The molecule has 4 rings (SSSR count). The number of rotatable bonds is 1. The van der Waals surface area contributed by atoms with Gasteiger partial charge in [0.15, 0.2) is 0 Å². The van der Waals surface area contributed by atoms with Crippen LogP contribution in [0.5, 0.6) is 0 Å². The highest BCUT2D eigenvalue weighted by molar-refractivity contribution is 5.60. The minimum absolute atomic E-state index is 0.148. The first-order valence-corrected chi connectivity index (χ1v) is 8.77. The summed E-state index contributed by atoms with van der Waals surface area (Å²) in [4.78, 5) is 0. The van der Waals surface area contributed by atoms with E-state index in [4.69, 9.17) is 0 Å². The molecule has 0 radical (unpaired) electrons. The first-order valence-electron chi connectivity index (χ1n) is 8.77. The Morgan fingerprint density at radius 1 is 1.04 bits per heavy atom. The number of allylic oxidation sites excluding steroid dienone is 2. The van der Waals surface area contributed by atoms with Gasteiger partial charge >= 0.3 is 0 Å². The zero-order valence-electron chi connectivity index (χ0n) is 14.5. The molecule has 0 amide bonds. The summed E-state index contributed by atoms with van der Waals surface area (Å²) in [6.45, 7) is 6.68. The number of hydrogen-bond donors (Lipinski definition) is 1. The number of anilines is 1. The third-order valence-electron chi connectivity index (χ3n) is 5.48. The fourth-order valence-corrected chi connectivity index (χ4v) is 4.10. The molecule has 24 heavy (non-hydrogen) atoms. The molecular weight excluding hydrogens is 297 g/mol. The molecule has 2 heteroatoms. The van der Waals surface area contributed by atoms with Crippen molar-refractivity contribution in [3.63, 3.8) is 0 Å². The van der Waals surface area contributed by atoms with Gasteiger partial charge in [-0.25, -0.2) is 4.39 Å². The molecule has 0 bridgehead atoms. The third kappa shape index (κ3) is 2.45. The van der Waals surface area contributed by atoms with Crippen molar-refractivity contribution < 1.29 is 4.39 Å². The Hall–Kier alpha value is -2.09. The topological polar surface area (TPSA) is 12.0 Å². The highest BCUT2D eigenvalue weighted by Gasteiger charge is 2.38. The molecule has 1 N–H and O–H groups in total. The van der Waals surface area contributed by atoms with E-state index in [9.17, 15) is 4.39 Å². The smallest absolute Gasteiger partial charge is 0.146 e. The largest absolute Gasteiger partial charge is 0.375 e. The van der Waals surface area contributed by atoms with Crippen molar-refractivity contribution in [3.8, 4) is 0 Å². The minimum atomic E-state index is -0.150. The van der Waals surface area contributed by atoms with Gasteiger partial charge in [0, 0.05) is 5.92 Å². The van der Waals surface area contributed by atoms with Crippen LogP contribution in [0.4, 0.5) is 10.1 Å². The van der Waals surface area contributed by atoms with Gasteiger partial charge in [0.05, 0.1) is 11.7 Å². The second-order valence-electron chi connectivity index (χ2n) is 8.05. The third-order valence-corrected chi connectivity index (χ3v) is 5.48. The molecule has 0 saturated heterocycles. The number of fused-ring (bicyclic) bond motifs is 3. The van der Waals surface area contributed by atoms with Crippen molar-refractivity contribution in [1.29, 1.82) is 0 Å². The Kier molecular flexibility index (Phi) is 3.52. The number of hydrogen-bond acceptors (Lipinski definition) is 1. The van der Waals surface area contributed by atoms with Crippen LogP contribution in [0, 0.1) is 11.7 Å². The lowest BCUT2D eigenvalue weighted by molar-refractivity contribution is 0.420. The molecule has 124 valence electrons. The van der Waals surface area contributed by atoms with Crippen molar-refractivity contribution in [3.05, 3.63) is 77.1 Å². The lowest BCUT2D eigenvalue weighted by atomic mass is 9.76. The summed E-state index contributed by atoms with van der Waals surface area (Å²) >= 11 is 0. The van der Waals surface area contributed by atoms with Gasteiger partial charge in [-0.1, -0.05) is 69.3 Å². The normalized spacial score (nSPS) is 25.1. The van der Waals surface area contributed by atoms with Gasteiger partial charge in [0.2, 0.25) is 0 Å². The Labute approximate surface area is 143 Å². The molecule has 1 aliphatic carbocycles. The zero-order valence-corrected chi connectivity index (χ0v) is 14.5. The highest BCUT2D eigenvalue weighted by atomic mass is 19.1. The van der Waals surface area contributed by atoms with Crippen LogP contribution in [0.15, 0.2) is 54.6 Å². The lowest BCUT2D eigenvalue weighted by Gasteiger charge is -2.37. The summed E-state index contributed by atoms with van der Waals surface area (Å²) in [6.07, 6.45) is 5.53. The molecule has 1 heterocycles. The molecule has 0 saturated carbocycles. The van der Waals surface area contributed by atoms with Crippen LogP contribution in [0.3, 0.4) is 0 Å². The fraction of sp³-hybridized carbons (Fsp3) is 0.364. The van der Waals surface area contributed by atoms with Crippen LogP contribution in [0.1, 0.15) is 55.8 Å². The summed E-state index contributed by atoms with van der Waals surface area (Å²) in [7, 11) is 0. The average Bonchev–Trinajstić information content (AvgIpc) is 3.04. The van der Waals surface area contributed by atoms with E-state index in [0.29, 0.717) is 17.5 Å². The van der Waals surface area contributed by atoms with E-state index >= 15 is 0 Å². The van der Waals surface area contributed by atoms with Crippen LogP contribution < -0.4 is 5.32 Å². The Morgan fingerprint density at radius 2 is 1.79 bits per heavy atom. The maximum Gasteiger partial charge on any atom is 0.146 e. The number of nitrogens with one attached hydrogen (secondary N) is 1. The predicted octanol–water partition coefficient (Wildman–Crippen LogP) is 5.95. The van der Waals surface area contributed by atoms with Crippen molar-refractivity contribution >= 4 is 5.69 Å². The maximum absolute atomic E-state index is 14.4. The molecule has 2 aliphatic rings. The molecule has 3 atom stereocenters. The van der Waals surface area contributed by atoms with Crippen LogP contribution in [-0.4, -0.2) is 0 Å². The summed E-state index contributed by atoms with van der Waals surface area (Å²) in [5.41, 5.74) is 4.49.